The Kier molecular flexibility index (Phi) is 4.79. The van der Waals surface area contributed by atoms with E-state index < -0.39 is 0 Å². The monoisotopic (exact) mass is 316 g/mol. The highest BCUT2D eigenvalue weighted by atomic mass is 35.5. The highest BCUT2D eigenvalue weighted by molar-refractivity contribution is 7.99. The molecule has 2 heterocycles. The van der Waals surface area contributed by atoms with Crippen molar-refractivity contribution >= 4 is 35.0 Å². The molecule has 0 atom stereocenters. The summed E-state index contributed by atoms with van der Waals surface area (Å²) in [5.41, 5.74) is 0. The largest absolute Gasteiger partial charge is 0.461 e. The normalized spacial score (nSPS) is 10.8. The summed E-state index contributed by atoms with van der Waals surface area (Å²) in [6, 6.07) is 3.68. The number of ether oxygens (including phenoxy) is 1. The second kappa shape index (κ2) is 6.36. The Hall–Kier alpha value is -1.11. The van der Waals surface area contributed by atoms with Crippen LogP contribution in [0.1, 0.15) is 13.8 Å². The Morgan fingerprint density at radius 2 is 2.00 bits per heavy atom. The second-order valence-corrected chi connectivity index (χ2v) is 5.43. The highest BCUT2D eigenvalue weighted by Crippen LogP contribution is 2.29. The van der Waals surface area contributed by atoms with Gasteiger partial charge in [-0.15, -0.1) is 0 Å². The lowest BCUT2D eigenvalue weighted by molar-refractivity contribution is 0.219. The Balaban J connectivity index is 2.25. The molecule has 2 rings (SSSR count). The van der Waals surface area contributed by atoms with Gasteiger partial charge in [-0.25, -0.2) is 4.98 Å². The predicted octanol–water partition coefficient (Wildman–Crippen LogP) is 3.51. The summed E-state index contributed by atoms with van der Waals surface area (Å²) in [7, 11) is 0. The van der Waals surface area contributed by atoms with E-state index in [-0.39, 0.29) is 17.4 Å². The molecule has 0 N–H and O–H groups in total. The van der Waals surface area contributed by atoms with Crippen LogP contribution in [0, 0.1) is 0 Å². The van der Waals surface area contributed by atoms with Crippen molar-refractivity contribution < 1.29 is 4.74 Å². The van der Waals surface area contributed by atoms with Crippen LogP contribution in [-0.4, -0.2) is 26.0 Å². The lowest BCUT2D eigenvalue weighted by atomic mass is 10.5. The zero-order valence-corrected chi connectivity index (χ0v) is 12.5. The van der Waals surface area contributed by atoms with Crippen molar-refractivity contribution in [3.63, 3.8) is 0 Å². The number of nitrogens with zero attached hydrogens (tertiary/aromatic N) is 4. The van der Waals surface area contributed by atoms with Crippen LogP contribution < -0.4 is 4.74 Å². The van der Waals surface area contributed by atoms with Gasteiger partial charge in [-0.3, -0.25) is 0 Å². The van der Waals surface area contributed by atoms with Crippen molar-refractivity contribution in [3.8, 4) is 6.01 Å². The van der Waals surface area contributed by atoms with Gasteiger partial charge in [0.25, 0.3) is 0 Å². The summed E-state index contributed by atoms with van der Waals surface area (Å²) in [6.07, 6.45) is 1.59. The van der Waals surface area contributed by atoms with Gasteiger partial charge >= 0.3 is 6.01 Å². The molecule has 2 aromatic rings. The summed E-state index contributed by atoms with van der Waals surface area (Å²) in [5, 5.41) is 1.58. The van der Waals surface area contributed by atoms with E-state index in [0.29, 0.717) is 15.2 Å². The molecular formula is C11H10Cl2N4OS. The highest BCUT2D eigenvalue weighted by Gasteiger charge is 2.11. The summed E-state index contributed by atoms with van der Waals surface area (Å²) >= 11 is 13.0. The van der Waals surface area contributed by atoms with Crippen molar-refractivity contribution in [3.05, 3.63) is 28.6 Å². The molecule has 0 fully saturated rings. The van der Waals surface area contributed by atoms with Gasteiger partial charge in [0.1, 0.15) is 5.03 Å². The van der Waals surface area contributed by atoms with Crippen LogP contribution in [0.15, 0.2) is 28.5 Å². The molecular weight excluding hydrogens is 307 g/mol. The van der Waals surface area contributed by atoms with E-state index in [0.717, 1.165) is 0 Å². The maximum Gasteiger partial charge on any atom is 0.322 e. The number of rotatable bonds is 4. The Labute approximate surface area is 124 Å². The van der Waals surface area contributed by atoms with Gasteiger partial charge in [-0.05, 0) is 49.3 Å². The average molecular weight is 317 g/mol. The third-order valence-corrected chi connectivity index (χ3v) is 3.29. The van der Waals surface area contributed by atoms with Crippen molar-refractivity contribution in [2.24, 2.45) is 0 Å². The van der Waals surface area contributed by atoms with E-state index in [9.17, 15) is 0 Å². The standard InChI is InChI=1S/C11H10Cl2N4OS/c1-6(2)18-10-15-9(13)16-11(17-10)19-8-7(12)4-3-5-14-8/h3-6H,1-2H3. The first-order chi connectivity index (χ1) is 9.04. The summed E-state index contributed by atoms with van der Waals surface area (Å²) < 4.78 is 5.39. The van der Waals surface area contributed by atoms with Crippen LogP contribution in [0.4, 0.5) is 0 Å². The maximum absolute atomic E-state index is 6.02. The molecule has 0 saturated carbocycles. The van der Waals surface area contributed by atoms with Gasteiger partial charge in [-0.1, -0.05) is 11.6 Å². The zero-order chi connectivity index (χ0) is 13.8. The van der Waals surface area contributed by atoms with Crippen molar-refractivity contribution in [2.45, 2.75) is 30.1 Å². The van der Waals surface area contributed by atoms with Crippen LogP contribution in [0.25, 0.3) is 0 Å². The Bertz CT molecular complexity index is 582. The fourth-order valence-electron chi connectivity index (χ4n) is 1.16. The van der Waals surface area contributed by atoms with E-state index in [1.165, 1.54) is 11.8 Å². The molecule has 0 bridgehead atoms. The zero-order valence-electron chi connectivity index (χ0n) is 10.2. The minimum Gasteiger partial charge on any atom is -0.461 e. The van der Waals surface area contributed by atoms with Gasteiger partial charge in [0, 0.05) is 6.20 Å². The van der Waals surface area contributed by atoms with Crippen LogP contribution >= 0.6 is 35.0 Å². The first kappa shape index (κ1) is 14.3. The molecule has 0 saturated heterocycles. The van der Waals surface area contributed by atoms with Crippen LogP contribution in [0.2, 0.25) is 10.3 Å². The van der Waals surface area contributed by atoms with E-state index in [4.69, 9.17) is 27.9 Å². The molecule has 5 nitrogen and oxygen atoms in total. The van der Waals surface area contributed by atoms with Crippen molar-refractivity contribution in [1.29, 1.82) is 0 Å². The Morgan fingerprint density at radius 3 is 2.68 bits per heavy atom. The van der Waals surface area contributed by atoms with Gasteiger partial charge in [0.15, 0.2) is 0 Å². The van der Waals surface area contributed by atoms with Crippen LogP contribution in [0.5, 0.6) is 6.01 Å². The topological polar surface area (TPSA) is 60.8 Å². The molecule has 19 heavy (non-hydrogen) atoms. The van der Waals surface area contributed by atoms with Crippen molar-refractivity contribution in [2.75, 3.05) is 0 Å². The third kappa shape index (κ3) is 4.19. The SMILES string of the molecule is CC(C)Oc1nc(Cl)nc(Sc2ncccc2Cl)n1. The summed E-state index contributed by atoms with van der Waals surface area (Å²) in [6.45, 7) is 3.75. The molecule has 0 aliphatic rings. The number of pyridine rings is 1. The second-order valence-electron chi connectivity index (χ2n) is 3.73. The van der Waals surface area contributed by atoms with Gasteiger partial charge in [-0.2, -0.15) is 15.0 Å². The number of aromatic nitrogens is 4. The number of halogens is 2. The molecule has 0 unspecified atom stereocenters. The minimum absolute atomic E-state index is 0.0465. The van der Waals surface area contributed by atoms with Gasteiger partial charge in [0.05, 0.1) is 11.1 Å². The van der Waals surface area contributed by atoms with Crippen LogP contribution in [-0.2, 0) is 0 Å². The van der Waals surface area contributed by atoms with E-state index in [1.807, 2.05) is 13.8 Å². The minimum atomic E-state index is -0.0465. The first-order valence-electron chi connectivity index (χ1n) is 5.41. The molecule has 0 amide bonds. The maximum atomic E-state index is 6.02. The first-order valence-corrected chi connectivity index (χ1v) is 6.98. The molecule has 0 aliphatic carbocycles. The van der Waals surface area contributed by atoms with E-state index in [2.05, 4.69) is 19.9 Å². The quantitative estimate of drug-likeness (QED) is 0.860. The predicted molar refractivity (Wildman–Crippen MR) is 74.0 cm³/mol. The molecule has 100 valence electrons. The fourth-order valence-corrected chi connectivity index (χ4v) is 2.30. The fraction of sp³-hybridized carbons (Fsp3) is 0.273. The van der Waals surface area contributed by atoms with Crippen molar-refractivity contribution in [1.82, 2.24) is 19.9 Å². The molecule has 8 heteroatoms. The lowest BCUT2D eigenvalue weighted by Gasteiger charge is -2.08. The average Bonchev–Trinajstić information content (AvgIpc) is 2.30. The molecule has 0 aliphatic heterocycles. The van der Waals surface area contributed by atoms with Crippen LogP contribution in [0.3, 0.4) is 0 Å². The number of hydrogen-bond acceptors (Lipinski definition) is 6. The van der Waals surface area contributed by atoms with Gasteiger partial charge in [0.2, 0.25) is 10.4 Å². The molecule has 2 aromatic heterocycles. The Morgan fingerprint density at radius 1 is 1.21 bits per heavy atom. The van der Waals surface area contributed by atoms with E-state index >= 15 is 0 Å². The molecule has 0 spiro atoms. The van der Waals surface area contributed by atoms with Gasteiger partial charge < -0.3 is 4.74 Å². The lowest BCUT2D eigenvalue weighted by Crippen LogP contribution is -2.09. The summed E-state index contributed by atoms with van der Waals surface area (Å²) in [4.78, 5) is 16.2. The number of hydrogen-bond donors (Lipinski definition) is 0. The van der Waals surface area contributed by atoms with E-state index in [1.54, 1.807) is 18.3 Å². The third-order valence-electron chi connectivity index (χ3n) is 1.82. The smallest absolute Gasteiger partial charge is 0.322 e. The molecule has 0 aromatic carbocycles. The molecule has 0 radical (unpaired) electrons. The summed E-state index contributed by atoms with van der Waals surface area (Å²) in [5.74, 6) is 0.